The van der Waals surface area contributed by atoms with Crippen molar-refractivity contribution in [2.45, 2.75) is 26.4 Å². The van der Waals surface area contributed by atoms with Crippen LogP contribution >= 0.6 is 0 Å². The van der Waals surface area contributed by atoms with Crippen molar-refractivity contribution in [2.75, 3.05) is 38.2 Å². The van der Waals surface area contributed by atoms with E-state index in [0.717, 1.165) is 29.9 Å². The molecule has 2 atom stereocenters. The molecule has 0 aliphatic carbocycles. The van der Waals surface area contributed by atoms with Crippen LogP contribution in [0.15, 0.2) is 24.5 Å². The molecule has 10 nitrogen and oxygen atoms in total. The van der Waals surface area contributed by atoms with Gasteiger partial charge in [0.1, 0.15) is 5.60 Å². The Bertz CT molecular complexity index is 1030. The van der Waals surface area contributed by atoms with Crippen molar-refractivity contribution < 1.29 is 19.2 Å². The Morgan fingerprint density at radius 1 is 1.19 bits per heavy atom. The van der Waals surface area contributed by atoms with Gasteiger partial charge >= 0.3 is 11.8 Å². The second-order valence-corrected chi connectivity index (χ2v) is 9.51. The number of fused-ring (bicyclic) bond motifs is 1. The highest BCUT2D eigenvalue weighted by atomic mass is 16.6. The van der Waals surface area contributed by atoms with Crippen LogP contribution in [0.4, 0.5) is 16.2 Å². The van der Waals surface area contributed by atoms with Crippen molar-refractivity contribution in [3.8, 4) is 16.9 Å². The van der Waals surface area contributed by atoms with Crippen LogP contribution in [0.25, 0.3) is 11.1 Å². The molecule has 2 unspecified atom stereocenters. The van der Waals surface area contributed by atoms with Gasteiger partial charge in [0.05, 0.1) is 18.2 Å². The molecule has 2 saturated heterocycles. The number of amides is 1. The fourth-order valence-electron chi connectivity index (χ4n) is 4.58. The van der Waals surface area contributed by atoms with Crippen LogP contribution in [0, 0.1) is 22.0 Å². The van der Waals surface area contributed by atoms with Crippen LogP contribution in [0.5, 0.6) is 5.75 Å². The van der Waals surface area contributed by atoms with E-state index in [4.69, 9.17) is 9.47 Å². The molecule has 1 aromatic heterocycles. The number of aryl methyl sites for hydroxylation is 1. The average molecular weight is 444 g/mol. The monoisotopic (exact) mass is 443 g/mol. The lowest BCUT2D eigenvalue weighted by atomic mass is 10.0. The number of nitro benzene ring substituents is 1. The number of anilines is 1. The number of nitro groups is 1. The molecule has 3 heterocycles. The summed E-state index contributed by atoms with van der Waals surface area (Å²) in [6, 6.07) is 3.30. The first kappa shape index (κ1) is 21.9. The molecule has 2 fully saturated rings. The van der Waals surface area contributed by atoms with Crippen LogP contribution in [0.1, 0.15) is 20.8 Å². The lowest BCUT2D eigenvalue weighted by molar-refractivity contribution is -0.385. The van der Waals surface area contributed by atoms with Gasteiger partial charge in [-0.15, -0.1) is 0 Å². The number of nitrogens with zero attached hydrogens (tertiary/aromatic N) is 5. The van der Waals surface area contributed by atoms with E-state index in [1.807, 2.05) is 34.0 Å². The molecular formula is C22H29N5O5. The molecule has 2 aliphatic rings. The number of rotatable bonds is 4. The lowest BCUT2D eigenvalue weighted by Crippen LogP contribution is -2.37. The minimum absolute atomic E-state index is 0.0782. The molecular weight excluding hydrogens is 414 g/mol. The van der Waals surface area contributed by atoms with Gasteiger partial charge in [0, 0.05) is 80.2 Å². The topological polar surface area (TPSA) is 103 Å². The van der Waals surface area contributed by atoms with Crippen molar-refractivity contribution in [3.05, 3.63) is 34.6 Å². The number of likely N-dealkylation sites (tertiary alicyclic amines) is 1. The van der Waals surface area contributed by atoms with Crippen molar-refractivity contribution >= 4 is 17.5 Å². The normalized spacial score (nSPS) is 20.4. The summed E-state index contributed by atoms with van der Waals surface area (Å²) in [5.41, 5.74) is 1.83. The lowest BCUT2D eigenvalue weighted by Gasteiger charge is -2.27. The largest absolute Gasteiger partial charge is 0.490 e. The number of carbonyl (C=O) groups excluding carboxylic acids is 1. The highest BCUT2D eigenvalue weighted by molar-refractivity contribution is 5.83. The standard InChI is InChI=1S/C22H29N5O5/c1-22(2,3)32-21(28)26-12-15-10-25(11-16(15)13-26)18-7-20(31-5)19(27(29)30)6-17(18)14-8-23-24(4)9-14/h6-9,15-16H,10-13H2,1-5H3. The summed E-state index contributed by atoms with van der Waals surface area (Å²) in [5.74, 6) is 0.848. The van der Waals surface area contributed by atoms with Crippen LogP contribution in [0.3, 0.4) is 0 Å². The van der Waals surface area contributed by atoms with Crippen LogP contribution in [0.2, 0.25) is 0 Å². The predicted octanol–water partition coefficient (Wildman–Crippen LogP) is 3.31. The maximum Gasteiger partial charge on any atom is 0.410 e. The number of carbonyl (C=O) groups is 1. The van der Waals surface area contributed by atoms with Gasteiger partial charge < -0.3 is 19.3 Å². The third-order valence-electron chi connectivity index (χ3n) is 5.99. The van der Waals surface area contributed by atoms with E-state index in [-0.39, 0.29) is 17.5 Å². The zero-order valence-electron chi connectivity index (χ0n) is 19.1. The van der Waals surface area contributed by atoms with Gasteiger partial charge in [0.15, 0.2) is 5.75 Å². The minimum Gasteiger partial charge on any atom is -0.490 e. The summed E-state index contributed by atoms with van der Waals surface area (Å²) in [7, 11) is 3.25. The highest BCUT2D eigenvalue weighted by Crippen LogP contribution is 2.43. The fraction of sp³-hybridized carbons (Fsp3) is 0.545. The Kier molecular flexibility index (Phi) is 5.47. The third kappa shape index (κ3) is 4.21. The molecule has 1 aromatic carbocycles. The van der Waals surface area contributed by atoms with Gasteiger partial charge in [-0.3, -0.25) is 14.8 Å². The van der Waals surface area contributed by atoms with Crippen molar-refractivity contribution in [2.24, 2.45) is 18.9 Å². The molecule has 4 rings (SSSR count). The Labute approximate surface area is 186 Å². The van der Waals surface area contributed by atoms with Crippen molar-refractivity contribution in [1.82, 2.24) is 14.7 Å². The van der Waals surface area contributed by atoms with Crippen molar-refractivity contribution in [3.63, 3.8) is 0 Å². The molecule has 2 aromatic rings. The highest BCUT2D eigenvalue weighted by Gasteiger charge is 2.43. The molecule has 10 heteroatoms. The number of benzene rings is 1. The summed E-state index contributed by atoms with van der Waals surface area (Å²) in [6.07, 6.45) is 3.28. The number of methoxy groups -OCH3 is 1. The first-order valence-corrected chi connectivity index (χ1v) is 10.6. The van der Waals surface area contributed by atoms with E-state index in [2.05, 4.69) is 10.00 Å². The Morgan fingerprint density at radius 3 is 2.34 bits per heavy atom. The molecule has 0 spiro atoms. The summed E-state index contributed by atoms with van der Waals surface area (Å²) < 4.78 is 12.5. The van der Waals surface area contributed by atoms with Gasteiger partial charge in [-0.25, -0.2) is 4.79 Å². The number of ether oxygens (including phenoxy) is 2. The maximum absolute atomic E-state index is 12.5. The first-order chi connectivity index (χ1) is 15.1. The molecule has 0 N–H and O–H groups in total. The quantitative estimate of drug-likeness (QED) is 0.527. The van der Waals surface area contributed by atoms with E-state index in [9.17, 15) is 14.9 Å². The average Bonchev–Trinajstić information content (AvgIpc) is 3.40. The fourth-order valence-corrected chi connectivity index (χ4v) is 4.58. The molecule has 172 valence electrons. The molecule has 2 aliphatic heterocycles. The molecule has 0 bridgehead atoms. The van der Waals surface area contributed by atoms with Crippen molar-refractivity contribution in [1.29, 1.82) is 0 Å². The van der Waals surface area contributed by atoms with E-state index in [0.29, 0.717) is 24.9 Å². The van der Waals surface area contributed by atoms with Gasteiger partial charge in [-0.2, -0.15) is 5.10 Å². The van der Waals surface area contributed by atoms with E-state index >= 15 is 0 Å². The second-order valence-electron chi connectivity index (χ2n) is 9.51. The summed E-state index contributed by atoms with van der Waals surface area (Å²) in [5, 5.41) is 15.8. The summed E-state index contributed by atoms with van der Waals surface area (Å²) in [4.78, 5) is 27.7. The zero-order valence-corrected chi connectivity index (χ0v) is 19.1. The first-order valence-electron chi connectivity index (χ1n) is 10.6. The van der Waals surface area contributed by atoms with E-state index < -0.39 is 10.5 Å². The predicted molar refractivity (Wildman–Crippen MR) is 119 cm³/mol. The Hall–Kier alpha value is -3.30. The molecule has 0 saturated carbocycles. The van der Waals surface area contributed by atoms with E-state index in [1.165, 1.54) is 7.11 Å². The molecule has 0 radical (unpaired) electrons. The molecule has 32 heavy (non-hydrogen) atoms. The van der Waals surface area contributed by atoms with Gasteiger partial charge in [-0.1, -0.05) is 0 Å². The van der Waals surface area contributed by atoms with E-state index in [1.54, 1.807) is 27.9 Å². The van der Waals surface area contributed by atoms with Gasteiger partial charge in [-0.05, 0) is 20.8 Å². The third-order valence-corrected chi connectivity index (χ3v) is 5.99. The Morgan fingerprint density at radius 2 is 1.84 bits per heavy atom. The molecule has 1 amide bonds. The smallest absolute Gasteiger partial charge is 0.410 e. The minimum atomic E-state index is -0.519. The van der Waals surface area contributed by atoms with Crippen LogP contribution in [-0.2, 0) is 11.8 Å². The van der Waals surface area contributed by atoms with Crippen LogP contribution in [-0.4, -0.2) is 64.6 Å². The SMILES string of the molecule is COc1cc(N2CC3CN(C(=O)OC(C)(C)C)CC3C2)c(-c2cnn(C)c2)cc1[N+](=O)[O-]. The van der Waals surface area contributed by atoms with Gasteiger partial charge in [0.2, 0.25) is 0 Å². The summed E-state index contributed by atoms with van der Waals surface area (Å²) >= 11 is 0. The van der Waals surface area contributed by atoms with Crippen LogP contribution < -0.4 is 9.64 Å². The number of aromatic nitrogens is 2. The Balaban J connectivity index is 1.60. The second kappa shape index (κ2) is 7.99. The zero-order chi connectivity index (χ0) is 23.2. The number of hydrogen-bond donors (Lipinski definition) is 0. The maximum atomic E-state index is 12.5. The number of hydrogen-bond acceptors (Lipinski definition) is 7. The van der Waals surface area contributed by atoms with Gasteiger partial charge in [0.25, 0.3) is 0 Å². The summed E-state index contributed by atoms with van der Waals surface area (Å²) in [6.45, 7) is 8.38.